The standard InChI is InChI=1S/C38H42ClN5O4/c39-32-12-6-11-29(22-32)30(26-44-36(45)35(41-37(44)46)23-31-24-40-34-14-5-4-13-33(31)34)17-21-42-19-15-27(16-20-42)10-7-18-43(38(47)48)25-28-8-2-1-3-9-28/h1-14,22,24,27,30,35,40H,15-21,23,25-26H2,(H,41,46)(H,47,48)/p-1/t30?,35-/m1/s1. The lowest BCUT2D eigenvalue weighted by atomic mass is 9.92. The first kappa shape index (κ1) is 33.3. The Labute approximate surface area is 286 Å². The van der Waals surface area contributed by atoms with Gasteiger partial charge in [0.05, 0.1) is 0 Å². The molecule has 48 heavy (non-hydrogen) atoms. The highest BCUT2D eigenvalue weighted by Gasteiger charge is 2.39. The second kappa shape index (κ2) is 15.5. The van der Waals surface area contributed by atoms with E-state index in [0.29, 0.717) is 30.5 Å². The number of H-pyrrole nitrogens is 1. The molecule has 4 aromatic rings. The lowest BCUT2D eigenvalue weighted by Crippen LogP contribution is -2.40. The molecule has 0 aliphatic carbocycles. The number of piperidine rings is 1. The quantitative estimate of drug-likeness (QED) is 0.143. The molecular weight excluding hydrogens is 626 g/mol. The molecule has 1 unspecified atom stereocenters. The molecule has 0 saturated carbocycles. The van der Waals surface area contributed by atoms with Gasteiger partial charge in [0, 0.05) is 54.1 Å². The van der Waals surface area contributed by atoms with Crippen molar-refractivity contribution in [1.82, 2.24) is 25.0 Å². The number of carboxylic acid groups (broad SMARTS) is 1. The fourth-order valence-corrected chi connectivity index (χ4v) is 7.05. The van der Waals surface area contributed by atoms with Crippen LogP contribution in [0.4, 0.5) is 9.59 Å². The zero-order chi connectivity index (χ0) is 33.5. The van der Waals surface area contributed by atoms with Crippen LogP contribution < -0.4 is 10.4 Å². The summed E-state index contributed by atoms with van der Waals surface area (Å²) in [6.07, 6.45) is 7.96. The number of allylic oxidation sites excluding steroid dienone is 1. The van der Waals surface area contributed by atoms with Crippen molar-refractivity contribution in [2.24, 2.45) is 5.92 Å². The monoisotopic (exact) mass is 666 g/mol. The molecule has 2 N–H and O–H groups in total. The summed E-state index contributed by atoms with van der Waals surface area (Å²) in [4.78, 5) is 46.7. The van der Waals surface area contributed by atoms with Gasteiger partial charge >= 0.3 is 6.03 Å². The lowest BCUT2D eigenvalue weighted by Gasteiger charge is -2.32. The number of imide groups is 1. The third-order valence-electron chi connectivity index (χ3n) is 9.56. The van der Waals surface area contributed by atoms with Gasteiger partial charge in [-0.05, 0) is 79.7 Å². The Bertz CT molecular complexity index is 1750. The van der Waals surface area contributed by atoms with Crippen LogP contribution in [-0.4, -0.2) is 76.5 Å². The number of aromatic amines is 1. The van der Waals surface area contributed by atoms with Crippen molar-refractivity contribution in [3.8, 4) is 0 Å². The minimum absolute atomic E-state index is 0.0666. The number of carbonyl (C=O) groups is 3. The maximum atomic E-state index is 13.6. The molecule has 1 aromatic heterocycles. The summed E-state index contributed by atoms with van der Waals surface area (Å²) in [7, 11) is 0. The molecule has 2 atom stereocenters. The minimum Gasteiger partial charge on any atom is -0.530 e. The number of nitrogens with one attached hydrogen (secondary N) is 2. The summed E-state index contributed by atoms with van der Waals surface area (Å²) < 4.78 is 0. The Morgan fingerprint density at radius 1 is 1.02 bits per heavy atom. The predicted octanol–water partition coefficient (Wildman–Crippen LogP) is 5.57. The van der Waals surface area contributed by atoms with E-state index in [1.807, 2.05) is 91.1 Å². The summed E-state index contributed by atoms with van der Waals surface area (Å²) in [5, 5.41) is 16.3. The number of para-hydroxylation sites is 1. The van der Waals surface area contributed by atoms with Crippen molar-refractivity contribution in [1.29, 1.82) is 0 Å². The zero-order valence-electron chi connectivity index (χ0n) is 26.9. The SMILES string of the molecule is O=C([O-])N(CC=CC1CCN(CCC(CN2C(=O)N[C@H](Cc3c[nH]c4ccccc34)C2=O)c2cccc(Cl)c2)CC1)Cc1ccccc1. The number of hydrogen-bond donors (Lipinski definition) is 2. The third kappa shape index (κ3) is 8.27. The van der Waals surface area contributed by atoms with Crippen LogP contribution in [0.5, 0.6) is 0 Å². The van der Waals surface area contributed by atoms with Crippen molar-refractivity contribution >= 4 is 40.5 Å². The first-order valence-corrected chi connectivity index (χ1v) is 17.0. The number of carbonyl (C=O) groups excluding carboxylic acids is 3. The topological polar surface area (TPSA) is 112 Å². The summed E-state index contributed by atoms with van der Waals surface area (Å²) in [5.41, 5.74) is 3.94. The molecule has 2 fully saturated rings. The Morgan fingerprint density at radius 3 is 2.56 bits per heavy atom. The lowest BCUT2D eigenvalue weighted by molar-refractivity contribution is -0.265. The largest absolute Gasteiger partial charge is 0.530 e. The third-order valence-corrected chi connectivity index (χ3v) is 9.80. The number of likely N-dealkylation sites (tertiary alicyclic amines) is 1. The fourth-order valence-electron chi connectivity index (χ4n) is 6.85. The van der Waals surface area contributed by atoms with Crippen molar-refractivity contribution in [2.45, 2.75) is 44.2 Å². The van der Waals surface area contributed by atoms with Gasteiger partial charge in [0.2, 0.25) is 0 Å². The van der Waals surface area contributed by atoms with Gasteiger partial charge in [0.25, 0.3) is 5.91 Å². The number of aromatic nitrogens is 1. The van der Waals surface area contributed by atoms with Crippen molar-refractivity contribution < 1.29 is 19.5 Å². The molecule has 0 spiro atoms. The number of nitrogens with zero attached hydrogens (tertiary/aromatic N) is 3. The minimum atomic E-state index is -1.18. The van der Waals surface area contributed by atoms with Gasteiger partial charge in [0.1, 0.15) is 12.1 Å². The average Bonchev–Trinajstić information content (AvgIpc) is 3.62. The number of amides is 4. The van der Waals surface area contributed by atoms with E-state index in [1.54, 1.807) is 0 Å². The Hall–Kier alpha value is -4.60. The van der Waals surface area contributed by atoms with Gasteiger partial charge in [0.15, 0.2) is 0 Å². The van der Waals surface area contributed by atoms with Crippen LogP contribution in [0.15, 0.2) is 97.2 Å². The predicted molar refractivity (Wildman–Crippen MR) is 185 cm³/mol. The summed E-state index contributed by atoms with van der Waals surface area (Å²) in [6, 6.07) is 24.2. The maximum absolute atomic E-state index is 13.6. The molecule has 2 aliphatic rings. The second-order valence-electron chi connectivity index (χ2n) is 12.8. The Balaban J connectivity index is 1.03. The summed E-state index contributed by atoms with van der Waals surface area (Å²) >= 11 is 6.38. The fraction of sp³-hybridized carbons (Fsp3) is 0.342. The van der Waals surface area contributed by atoms with Crippen LogP contribution in [0.25, 0.3) is 10.9 Å². The molecule has 2 saturated heterocycles. The van der Waals surface area contributed by atoms with E-state index in [2.05, 4.69) is 21.3 Å². The molecule has 0 radical (unpaired) electrons. The molecule has 9 nitrogen and oxygen atoms in total. The van der Waals surface area contributed by atoms with Gasteiger partial charge < -0.3 is 30.0 Å². The van der Waals surface area contributed by atoms with Crippen LogP contribution in [0, 0.1) is 5.92 Å². The van der Waals surface area contributed by atoms with Crippen LogP contribution >= 0.6 is 11.6 Å². The molecule has 4 amide bonds. The van der Waals surface area contributed by atoms with E-state index in [0.717, 1.165) is 66.5 Å². The van der Waals surface area contributed by atoms with Crippen LogP contribution in [0.3, 0.4) is 0 Å². The Morgan fingerprint density at radius 2 is 1.79 bits per heavy atom. The van der Waals surface area contributed by atoms with Crippen LogP contribution in [-0.2, 0) is 17.8 Å². The number of fused-ring (bicyclic) bond motifs is 1. The first-order valence-electron chi connectivity index (χ1n) is 16.6. The number of rotatable bonds is 13. The van der Waals surface area contributed by atoms with E-state index in [4.69, 9.17) is 11.6 Å². The van der Waals surface area contributed by atoms with Gasteiger partial charge in [-0.2, -0.15) is 0 Å². The molecule has 0 bridgehead atoms. The van der Waals surface area contributed by atoms with E-state index < -0.39 is 12.1 Å². The van der Waals surface area contributed by atoms with Crippen molar-refractivity contribution in [3.05, 3.63) is 119 Å². The second-order valence-corrected chi connectivity index (χ2v) is 13.2. The number of hydrogen-bond acceptors (Lipinski definition) is 5. The average molecular weight is 667 g/mol. The summed E-state index contributed by atoms with van der Waals surface area (Å²) in [5.74, 6) is 0.110. The van der Waals surface area contributed by atoms with Gasteiger partial charge in [-0.25, -0.2) is 4.79 Å². The molecule has 10 heteroatoms. The zero-order valence-corrected chi connectivity index (χ0v) is 27.6. The molecule has 6 rings (SSSR count). The molecule has 2 aliphatic heterocycles. The smallest absolute Gasteiger partial charge is 0.324 e. The van der Waals surface area contributed by atoms with Crippen LogP contribution in [0.2, 0.25) is 5.02 Å². The highest BCUT2D eigenvalue weighted by Crippen LogP contribution is 2.28. The van der Waals surface area contributed by atoms with E-state index >= 15 is 0 Å². The van der Waals surface area contributed by atoms with Crippen molar-refractivity contribution in [3.63, 3.8) is 0 Å². The number of halogens is 1. The number of urea groups is 1. The highest BCUT2D eigenvalue weighted by atomic mass is 35.5. The van der Waals surface area contributed by atoms with Crippen molar-refractivity contribution in [2.75, 3.05) is 32.7 Å². The number of benzene rings is 3. The molecular formula is C38H41ClN5O4-. The van der Waals surface area contributed by atoms with Gasteiger partial charge in [-0.15, -0.1) is 0 Å². The highest BCUT2D eigenvalue weighted by molar-refractivity contribution is 6.30. The molecule has 3 heterocycles. The summed E-state index contributed by atoms with van der Waals surface area (Å²) in [6.45, 7) is 3.54. The maximum Gasteiger partial charge on any atom is 0.324 e. The van der Waals surface area contributed by atoms with Crippen LogP contribution in [0.1, 0.15) is 41.9 Å². The van der Waals surface area contributed by atoms with E-state index in [9.17, 15) is 19.5 Å². The molecule has 3 aromatic carbocycles. The Kier molecular flexibility index (Phi) is 10.8. The first-order chi connectivity index (χ1) is 23.3. The van der Waals surface area contributed by atoms with E-state index in [1.165, 1.54) is 9.80 Å². The van der Waals surface area contributed by atoms with Gasteiger partial charge in [-0.3, -0.25) is 9.69 Å². The van der Waals surface area contributed by atoms with Gasteiger partial charge in [-0.1, -0.05) is 84.4 Å². The van der Waals surface area contributed by atoms with E-state index in [-0.39, 0.29) is 24.4 Å². The normalized spacial score (nSPS) is 18.1. The molecule has 250 valence electrons.